The van der Waals surface area contributed by atoms with Crippen LogP contribution in [-0.2, 0) is 6.54 Å². The van der Waals surface area contributed by atoms with Crippen molar-refractivity contribution in [3.05, 3.63) is 60.2 Å². The van der Waals surface area contributed by atoms with Crippen LogP contribution in [0.25, 0.3) is 5.69 Å². The number of nitrogens with zero attached hydrogens (tertiary/aromatic N) is 2. The second kappa shape index (κ2) is 5.41. The molecule has 1 heterocycles. The van der Waals surface area contributed by atoms with Gasteiger partial charge in [-0.3, -0.25) is 4.57 Å². The fourth-order valence-electron chi connectivity index (χ4n) is 2.58. The average molecular weight is 253 g/mol. The highest BCUT2D eigenvalue weighted by Crippen LogP contribution is 2.15. The van der Waals surface area contributed by atoms with Crippen LogP contribution in [0.5, 0.6) is 0 Å². The molecule has 3 nitrogen and oxygen atoms in total. The Morgan fingerprint density at radius 2 is 1.95 bits per heavy atom. The van der Waals surface area contributed by atoms with Crippen LogP contribution >= 0.6 is 0 Å². The Labute approximate surface area is 114 Å². The van der Waals surface area contributed by atoms with Crippen molar-refractivity contribution >= 4 is 0 Å². The molecule has 0 saturated heterocycles. The first-order valence-electron chi connectivity index (χ1n) is 6.81. The number of aromatic nitrogens is 2. The van der Waals surface area contributed by atoms with Gasteiger partial charge in [0.2, 0.25) is 0 Å². The number of benzene rings is 1. The van der Waals surface area contributed by atoms with E-state index in [1.807, 2.05) is 19.2 Å². The number of rotatable bonds is 4. The molecule has 0 amide bonds. The molecular formula is C16H19N3. The fourth-order valence-corrected chi connectivity index (χ4v) is 2.58. The molecule has 2 aromatic rings. The summed E-state index contributed by atoms with van der Waals surface area (Å²) in [6.45, 7) is 2.91. The maximum atomic E-state index is 4.45. The van der Waals surface area contributed by atoms with E-state index < -0.39 is 0 Å². The van der Waals surface area contributed by atoms with Crippen molar-refractivity contribution in [3.8, 4) is 5.69 Å². The molecule has 0 unspecified atom stereocenters. The molecule has 0 bridgehead atoms. The van der Waals surface area contributed by atoms with Crippen molar-refractivity contribution in [2.24, 2.45) is 0 Å². The van der Waals surface area contributed by atoms with Crippen LogP contribution in [0, 0.1) is 6.92 Å². The van der Waals surface area contributed by atoms with Gasteiger partial charge in [0.25, 0.3) is 0 Å². The Hall–Kier alpha value is -1.87. The van der Waals surface area contributed by atoms with Gasteiger partial charge >= 0.3 is 0 Å². The lowest BCUT2D eigenvalue weighted by Crippen LogP contribution is -2.26. The van der Waals surface area contributed by atoms with Crippen molar-refractivity contribution in [1.29, 1.82) is 0 Å². The number of imidazole rings is 1. The maximum Gasteiger partial charge on any atom is 0.110 e. The van der Waals surface area contributed by atoms with E-state index in [1.54, 1.807) is 0 Å². The van der Waals surface area contributed by atoms with Crippen LogP contribution in [0.15, 0.2) is 48.7 Å². The van der Waals surface area contributed by atoms with Crippen molar-refractivity contribution in [1.82, 2.24) is 14.9 Å². The topological polar surface area (TPSA) is 29.9 Å². The molecule has 0 atom stereocenters. The summed E-state index contributed by atoms with van der Waals surface area (Å²) in [6.07, 6.45) is 8.74. The first-order valence-corrected chi connectivity index (χ1v) is 6.81. The fraction of sp³-hybridized carbons (Fsp3) is 0.312. The van der Waals surface area contributed by atoms with Crippen LogP contribution in [0.3, 0.4) is 0 Å². The molecule has 1 aromatic carbocycles. The number of hydrogen-bond donors (Lipinski definition) is 1. The second-order valence-corrected chi connectivity index (χ2v) is 4.99. The van der Waals surface area contributed by atoms with Gasteiger partial charge in [-0.2, -0.15) is 0 Å². The summed E-state index contributed by atoms with van der Waals surface area (Å²) in [5.41, 5.74) is 2.40. The zero-order chi connectivity index (χ0) is 13.1. The quantitative estimate of drug-likeness (QED) is 0.849. The van der Waals surface area contributed by atoms with Gasteiger partial charge in [-0.15, -0.1) is 0 Å². The molecule has 1 aliphatic rings. The lowest BCUT2D eigenvalue weighted by atomic mass is 10.2. The molecule has 98 valence electrons. The molecule has 0 aliphatic heterocycles. The monoisotopic (exact) mass is 253 g/mol. The summed E-state index contributed by atoms with van der Waals surface area (Å²) in [5.74, 6) is 1.03. The number of aryl methyl sites for hydroxylation is 1. The van der Waals surface area contributed by atoms with E-state index in [4.69, 9.17) is 0 Å². The van der Waals surface area contributed by atoms with E-state index in [2.05, 4.69) is 51.3 Å². The Bertz CT molecular complexity index is 561. The lowest BCUT2D eigenvalue weighted by molar-refractivity contribution is 0.529. The Balaban J connectivity index is 1.78. The zero-order valence-electron chi connectivity index (χ0n) is 11.2. The molecule has 0 fully saturated rings. The number of para-hydroxylation sites is 1. The highest BCUT2D eigenvalue weighted by Gasteiger charge is 2.12. The smallest absolute Gasteiger partial charge is 0.110 e. The van der Waals surface area contributed by atoms with Gasteiger partial charge in [-0.05, 0) is 31.9 Å². The van der Waals surface area contributed by atoms with Crippen molar-refractivity contribution < 1.29 is 0 Å². The summed E-state index contributed by atoms with van der Waals surface area (Å²) in [7, 11) is 0. The van der Waals surface area contributed by atoms with E-state index in [0.717, 1.165) is 25.2 Å². The predicted molar refractivity (Wildman–Crippen MR) is 77.3 cm³/mol. The molecule has 19 heavy (non-hydrogen) atoms. The minimum absolute atomic E-state index is 0.583. The number of hydrogen-bond acceptors (Lipinski definition) is 2. The molecule has 3 heteroatoms. The minimum Gasteiger partial charge on any atom is -0.308 e. The first-order chi connectivity index (χ1) is 9.34. The molecule has 3 rings (SSSR count). The molecular weight excluding hydrogens is 234 g/mol. The molecule has 1 aliphatic carbocycles. The maximum absolute atomic E-state index is 4.45. The normalized spacial score (nSPS) is 15.2. The third-order valence-electron chi connectivity index (χ3n) is 3.61. The molecule has 1 aromatic heterocycles. The van der Waals surface area contributed by atoms with Gasteiger partial charge in [0, 0.05) is 18.3 Å². The molecule has 0 saturated carbocycles. The standard InChI is InChI=1S/C16H19N3/c1-13-17-11-16(12-18-14-7-5-6-8-14)19(13)15-9-3-2-4-10-15/h2-6,9-11,14,18H,7-8,12H2,1H3. The minimum atomic E-state index is 0.583. The van der Waals surface area contributed by atoms with Crippen molar-refractivity contribution in [2.75, 3.05) is 0 Å². The van der Waals surface area contributed by atoms with Gasteiger partial charge in [0.15, 0.2) is 0 Å². The molecule has 0 radical (unpaired) electrons. The zero-order valence-corrected chi connectivity index (χ0v) is 11.2. The predicted octanol–water partition coefficient (Wildman–Crippen LogP) is 2.99. The van der Waals surface area contributed by atoms with Crippen LogP contribution in [0.1, 0.15) is 24.4 Å². The van der Waals surface area contributed by atoms with Gasteiger partial charge in [0.05, 0.1) is 11.9 Å². The SMILES string of the molecule is Cc1ncc(CNC2CC=CC2)n1-c1ccccc1. The summed E-state index contributed by atoms with van der Waals surface area (Å²) in [6, 6.07) is 11.0. The average Bonchev–Trinajstić information content (AvgIpc) is 3.07. The molecule has 1 N–H and O–H groups in total. The van der Waals surface area contributed by atoms with E-state index in [1.165, 1.54) is 11.4 Å². The van der Waals surface area contributed by atoms with E-state index in [0.29, 0.717) is 6.04 Å². The highest BCUT2D eigenvalue weighted by molar-refractivity contribution is 5.35. The van der Waals surface area contributed by atoms with Crippen LogP contribution in [0.2, 0.25) is 0 Å². The van der Waals surface area contributed by atoms with Crippen LogP contribution < -0.4 is 5.32 Å². The number of nitrogens with one attached hydrogen (secondary N) is 1. The van der Waals surface area contributed by atoms with Crippen LogP contribution in [0.4, 0.5) is 0 Å². The summed E-state index contributed by atoms with van der Waals surface area (Å²) in [5, 5.41) is 3.60. The summed E-state index contributed by atoms with van der Waals surface area (Å²) in [4.78, 5) is 4.45. The summed E-state index contributed by atoms with van der Waals surface area (Å²) < 4.78 is 2.22. The largest absolute Gasteiger partial charge is 0.308 e. The molecule has 0 spiro atoms. The third-order valence-corrected chi connectivity index (χ3v) is 3.61. The lowest BCUT2D eigenvalue weighted by Gasteiger charge is -2.14. The van der Waals surface area contributed by atoms with E-state index in [9.17, 15) is 0 Å². The Kier molecular flexibility index (Phi) is 3.47. The Morgan fingerprint density at radius 3 is 2.68 bits per heavy atom. The van der Waals surface area contributed by atoms with Gasteiger partial charge < -0.3 is 5.32 Å². The van der Waals surface area contributed by atoms with Crippen LogP contribution in [-0.4, -0.2) is 15.6 Å². The highest BCUT2D eigenvalue weighted by atomic mass is 15.1. The van der Waals surface area contributed by atoms with Gasteiger partial charge in [0.1, 0.15) is 5.82 Å². The van der Waals surface area contributed by atoms with Gasteiger partial charge in [-0.25, -0.2) is 4.98 Å². The summed E-state index contributed by atoms with van der Waals surface area (Å²) >= 11 is 0. The van der Waals surface area contributed by atoms with E-state index in [-0.39, 0.29) is 0 Å². The third kappa shape index (κ3) is 2.61. The van der Waals surface area contributed by atoms with Gasteiger partial charge in [-0.1, -0.05) is 30.4 Å². The first kappa shape index (κ1) is 12.2. The Morgan fingerprint density at radius 1 is 1.21 bits per heavy atom. The van der Waals surface area contributed by atoms with Crippen molar-refractivity contribution in [3.63, 3.8) is 0 Å². The van der Waals surface area contributed by atoms with Crippen molar-refractivity contribution in [2.45, 2.75) is 32.4 Å². The second-order valence-electron chi connectivity index (χ2n) is 4.99. The van der Waals surface area contributed by atoms with E-state index >= 15 is 0 Å².